The van der Waals surface area contributed by atoms with Gasteiger partial charge in [0.15, 0.2) is 6.73 Å². The van der Waals surface area contributed by atoms with E-state index in [1.54, 1.807) is 17.3 Å². The predicted molar refractivity (Wildman–Crippen MR) is 60.2 cm³/mol. The summed E-state index contributed by atoms with van der Waals surface area (Å²) in [5, 5.41) is 1.68. The van der Waals surface area contributed by atoms with Gasteiger partial charge in [0.05, 0.1) is 5.70 Å². The summed E-state index contributed by atoms with van der Waals surface area (Å²) in [4.78, 5) is 11.9. The van der Waals surface area contributed by atoms with Gasteiger partial charge in [-0.2, -0.15) is 0 Å². The van der Waals surface area contributed by atoms with Crippen LogP contribution in [0.3, 0.4) is 0 Å². The zero-order chi connectivity index (χ0) is 11.5. The largest absolute Gasteiger partial charge is 0.477 e. The van der Waals surface area contributed by atoms with Crippen molar-refractivity contribution in [1.29, 1.82) is 0 Å². The normalized spacial score (nSPS) is 14.4. The van der Waals surface area contributed by atoms with Crippen LogP contribution < -0.4 is 5.43 Å². The highest BCUT2D eigenvalue weighted by molar-refractivity contribution is 5.95. The van der Waals surface area contributed by atoms with Crippen LogP contribution in [0, 0.1) is 6.92 Å². The number of hydrogen-bond acceptors (Lipinski definition) is 3. The number of carbonyl (C=O) groups excluding carboxylic acids is 1. The molecule has 0 spiro atoms. The number of nitrogens with one attached hydrogen (secondary N) is 1. The molecule has 1 aliphatic heterocycles. The van der Waals surface area contributed by atoms with E-state index in [0.29, 0.717) is 12.3 Å². The van der Waals surface area contributed by atoms with E-state index in [1.807, 2.05) is 32.0 Å². The first-order chi connectivity index (χ1) is 7.68. The maximum Gasteiger partial charge on any atom is 0.270 e. The Morgan fingerprint density at radius 2 is 2.12 bits per heavy atom. The molecule has 4 nitrogen and oxygen atoms in total. The van der Waals surface area contributed by atoms with Crippen molar-refractivity contribution in [3.05, 3.63) is 47.4 Å². The summed E-state index contributed by atoms with van der Waals surface area (Å²) >= 11 is 0. The molecule has 1 heterocycles. The lowest BCUT2D eigenvalue weighted by molar-refractivity contribution is 0.0730. The molecule has 0 aliphatic carbocycles. The number of nitrogens with zero attached hydrogens (tertiary/aromatic N) is 1. The average molecular weight is 218 g/mol. The fourth-order valence-electron chi connectivity index (χ4n) is 1.53. The summed E-state index contributed by atoms with van der Waals surface area (Å²) in [5.74, 6) is -0.114. The van der Waals surface area contributed by atoms with E-state index in [2.05, 4.69) is 5.43 Å². The molecule has 1 aromatic rings. The number of hydrazine groups is 1. The zero-order valence-corrected chi connectivity index (χ0v) is 9.36. The number of amides is 1. The summed E-state index contributed by atoms with van der Waals surface area (Å²) in [6, 6.07) is 7.49. The number of allylic oxidation sites excluding steroid dienone is 1. The standard InChI is InChI=1S/C12H14N2O2/c1-9-5-3-4-6-11(9)12(15)13-14-8-16-7-10(14)2/h3-7H,8H2,1-2H3,(H,13,15). The van der Waals surface area contributed by atoms with Crippen LogP contribution in [-0.2, 0) is 4.74 Å². The van der Waals surface area contributed by atoms with E-state index >= 15 is 0 Å². The molecule has 0 atom stereocenters. The second-order valence-corrected chi connectivity index (χ2v) is 3.74. The number of rotatable bonds is 2. The van der Waals surface area contributed by atoms with Crippen molar-refractivity contribution in [3.63, 3.8) is 0 Å². The van der Waals surface area contributed by atoms with Crippen LogP contribution in [0.15, 0.2) is 36.2 Å². The van der Waals surface area contributed by atoms with Gasteiger partial charge in [-0.25, -0.2) is 0 Å². The zero-order valence-electron chi connectivity index (χ0n) is 9.36. The molecule has 16 heavy (non-hydrogen) atoms. The van der Waals surface area contributed by atoms with Gasteiger partial charge < -0.3 is 4.74 Å². The minimum atomic E-state index is -0.114. The summed E-state index contributed by atoms with van der Waals surface area (Å²) in [5.41, 5.74) is 5.32. The molecule has 0 radical (unpaired) electrons. The lowest BCUT2D eigenvalue weighted by Gasteiger charge is -2.19. The lowest BCUT2D eigenvalue weighted by Crippen LogP contribution is -2.39. The van der Waals surface area contributed by atoms with Crippen LogP contribution in [0.2, 0.25) is 0 Å². The molecule has 0 saturated heterocycles. The molecule has 0 unspecified atom stereocenters. The monoisotopic (exact) mass is 218 g/mol. The smallest absolute Gasteiger partial charge is 0.270 e. The quantitative estimate of drug-likeness (QED) is 0.822. The highest BCUT2D eigenvalue weighted by Crippen LogP contribution is 2.11. The van der Waals surface area contributed by atoms with Gasteiger partial charge in [-0.3, -0.25) is 15.2 Å². The van der Waals surface area contributed by atoms with Crippen molar-refractivity contribution in [2.75, 3.05) is 6.73 Å². The molecule has 84 valence electrons. The minimum absolute atomic E-state index is 0.114. The number of carbonyl (C=O) groups is 1. The van der Waals surface area contributed by atoms with Gasteiger partial charge in [0, 0.05) is 5.56 Å². The van der Waals surface area contributed by atoms with E-state index in [0.717, 1.165) is 11.3 Å². The van der Waals surface area contributed by atoms with Crippen molar-refractivity contribution < 1.29 is 9.53 Å². The van der Waals surface area contributed by atoms with Gasteiger partial charge in [0.25, 0.3) is 5.91 Å². The molecule has 0 fully saturated rings. The molecule has 1 amide bonds. The highest BCUT2D eigenvalue weighted by atomic mass is 16.5. The van der Waals surface area contributed by atoms with E-state index < -0.39 is 0 Å². The summed E-state index contributed by atoms with van der Waals surface area (Å²) in [7, 11) is 0. The molecule has 1 N–H and O–H groups in total. The maximum absolute atomic E-state index is 11.9. The van der Waals surface area contributed by atoms with Crippen molar-refractivity contribution in [1.82, 2.24) is 10.4 Å². The Morgan fingerprint density at radius 3 is 2.75 bits per heavy atom. The lowest BCUT2D eigenvalue weighted by atomic mass is 10.1. The van der Waals surface area contributed by atoms with Gasteiger partial charge in [0.2, 0.25) is 0 Å². The Labute approximate surface area is 94.5 Å². The molecule has 0 aromatic heterocycles. The molecular formula is C12H14N2O2. The first kappa shape index (κ1) is 10.5. The Balaban J connectivity index is 2.09. The van der Waals surface area contributed by atoms with Crippen LogP contribution in [-0.4, -0.2) is 17.6 Å². The molecule has 0 bridgehead atoms. The molecular weight excluding hydrogens is 204 g/mol. The van der Waals surface area contributed by atoms with Gasteiger partial charge in [0.1, 0.15) is 6.26 Å². The van der Waals surface area contributed by atoms with Crippen LogP contribution in [0.4, 0.5) is 0 Å². The van der Waals surface area contributed by atoms with Gasteiger partial charge >= 0.3 is 0 Å². The number of hydrogen-bond donors (Lipinski definition) is 1. The topological polar surface area (TPSA) is 41.6 Å². The van der Waals surface area contributed by atoms with Crippen molar-refractivity contribution in [2.24, 2.45) is 0 Å². The first-order valence-corrected chi connectivity index (χ1v) is 5.11. The van der Waals surface area contributed by atoms with E-state index in [9.17, 15) is 4.79 Å². The molecule has 4 heteroatoms. The van der Waals surface area contributed by atoms with Crippen LogP contribution >= 0.6 is 0 Å². The van der Waals surface area contributed by atoms with Gasteiger partial charge in [-0.05, 0) is 25.5 Å². The van der Waals surface area contributed by atoms with E-state index in [-0.39, 0.29) is 5.91 Å². The highest BCUT2D eigenvalue weighted by Gasteiger charge is 2.16. The molecule has 0 saturated carbocycles. The van der Waals surface area contributed by atoms with Gasteiger partial charge in [-0.1, -0.05) is 18.2 Å². The third-order valence-electron chi connectivity index (χ3n) is 2.51. The van der Waals surface area contributed by atoms with Gasteiger partial charge in [-0.15, -0.1) is 0 Å². The van der Waals surface area contributed by atoms with Crippen LogP contribution in [0.1, 0.15) is 22.8 Å². The van der Waals surface area contributed by atoms with Crippen molar-refractivity contribution >= 4 is 5.91 Å². The van der Waals surface area contributed by atoms with Crippen LogP contribution in [0.5, 0.6) is 0 Å². The number of ether oxygens (including phenoxy) is 1. The Kier molecular flexibility index (Phi) is 2.81. The molecule has 1 aliphatic rings. The Bertz CT molecular complexity index is 440. The van der Waals surface area contributed by atoms with E-state index in [1.165, 1.54) is 0 Å². The Hall–Kier alpha value is -1.97. The number of aryl methyl sites for hydroxylation is 1. The van der Waals surface area contributed by atoms with Crippen LogP contribution in [0.25, 0.3) is 0 Å². The SMILES string of the molecule is CC1=COCN1NC(=O)c1ccccc1C. The Morgan fingerprint density at radius 1 is 1.38 bits per heavy atom. The summed E-state index contributed by atoms with van der Waals surface area (Å²) < 4.78 is 5.09. The van der Waals surface area contributed by atoms with E-state index in [4.69, 9.17) is 4.74 Å². The average Bonchev–Trinajstić information content (AvgIpc) is 2.65. The second kappa shape index (κ2) is 4.26. The summed E-state index contributed by atoms with van der Waals surface area (Å²) in [6.45, 7) is 4.16. The third kappa shape index (κ3) is 2.00. The first-order valence-electron chi connectivity index (χ1n) is 5.11. The fraction of sp³-hybridized carbons (Fsp3) is 0.250. The maximum atomic E-state index is 11.9. The minimum Gasteiger partial charge on any atom is -0.477 e. The third-order valence-corrected chi connectivity index (χ3v) is 2.51. The van der Waals surface area contributed by atoms with Crippen molar-refractivity contribution in [2.45, 2.75) is 13.8 Å². The summed E-state index contributed by atoms with van der Waals surface area (Å²) in [6.07, 6.45) is 1.62. The molecule has 1 aromatic carbocycles. The predicted octanol–water partition coefficient (Wildman–Crippen LogP) is 1.79. The number of benzene rings is 1. The fourth-order valence-corrected chi connectivity index (χ4v) is 1.53. The van der Waals surface area contributed by atoms with Crippen molar-refractivity contribution in [3.8, 4) is 0 Å². The second-order valence-electron chi connectivity index (χ2n) is 3.74. The molecule has 2 rings (SSSR count).